The van der Waals surface area contributed by atoms with Crippen LogP contribution in [-0.2, 0) is 0 Å². The maximum Gasteiger partial charge on any atom is -0.00995 e. The molecule has 3 aromatic rings. The highest BCUT2D eigenvalue weighted by Crippen LogP contribution is 2.29. The molecule has 0 spiro atoms. The van der Waals surface area contributed by atoms with E-state index in [9.17, 15) is 0 Å². The van der Waals surface area contributed by atoms with Gasteiger partial charge in [0.1, 0.15) is 0 Å². The molecule has 0 unspecified atom stereocenters. The molecular weight excluding hydrogens is 240 g/mol. The van der Waals surface area contributed by atoms with Crippen LogP contribution in [0.4, 0.5) is 0 Å². The Labute approximate surface area is 119 Å². The number of benzene rings is 3. The third kappa shape index (κ3) is 2.06. The lowest BCUT2D eigenvalue weighted by molar-refractivity contribution is 1.63. The first-order chi connectivity index (χ1) is 9.83. The molecule has 0 nitrogen and oxygen atoms in total. The van der Waals surface area contributed by atoms with Crippen molar-refractivity contribution in [3.8, 4) is 11.1 Å². The summed E-state index contributed by atoms with van der Waals surface area (Å²) in [6, 6.07) is 21.2. The number of hydrogen-bond acceptors (Lipinski definition) is 0. The van der Waals surface area contributed by atoms with Crippen LogP contribution in [0.5, 0.6) is 0 Å². The minimum absolute atomic E-state index is 1.12. The minimum Gasteiger partial charge on any atom is -0.0984 e. The molecule has 0 heterocycles. The molecule has 0 atom stereocenters. The fraction of sp³-hybridized carbons (Fsp3) is 0. The summed E-state index contributed by atoms with van der Waals surface area (Å²) >= 11 is 0. The summed E-state index contributed by atoms with van der Waals surface area (Å²) in [5, 5.41) is 2.45. The largest absolute Gasteiger partial charge is 0.0984 e. The van der Waals surface area contributed by atoms with Crippen molar-refractivity contribution in [3.63, 3.8) is 0 Å². The molecule has 0 N–H and O–H groups in total. The van der Waals surface area contributed by atoms with Crippen LogP contribution in [0, 0.1) is 0 Å². The summed E-state index contributed by atoms with van der Waals surface area (Å²) < 4.78 is 0. The van der Waals surface area contributed by atoms with Gasteiger partial charge in [0.15, 0.2) is 0 Å². The van der Waals surface area contributed by atoms with E-state index in [-0.39, 0.29) is 0 Å². The van der Waals surface area contributed by atoms with Crippen LogP contribution in [0.2, 0.25) is 0 Å². The molecule has 0 saturated heterocycles. The molecule has 0 aliphatic carbocycles. The quantitative estimate of drug-likeness (QED) is 0.556. The molecule has 0 radical (unpaired) electrons. The lowest BCUT2D eigenvalue weighted by Gasteiger charge is -2.09. The van der Waals surface area contributed by atoms with Gasteiger partial charge in [-0.2, -0.15) is 0 Å². The van der Waals surface area contributed by atoms with Crippen LogP contribution in [0.15, 0.2) is 73.8 Å². The number of fused-ring (bicyclic) bond motifs is 1. The second kappa shape index (κ2) is 5.18. The standard InChI is InChI=1S/C20H16/c1-3-15-10-11-17-12-13-18(14-20(17)19(15)4-2)16-8-6-5-7-9-16/h3-14H,1-2H2. The van der Waals surface area contributed by atoms with E-state index in [4.69, 9.17) is 0 Å². The Morgan fingerprint density at radius 2 is 1.45 bits per heavy atom. The lowest BCUT2D eigenvalue weighted by Crippen LogP contribution is -1.85. The molecule has 0 amide bonds. The molecule has 20 heavy (non-hydrogen) atoms. The fourth-order valence-corrected chi connectivity index (χ4v) is 2.58. The maximum atomic E-state index is 3.94. The van der Waals surface area contributed by atoms with Crippen LogP contribution < -0.4 is 0 Å². The lowest BCUT2D eigenvalue weighted by atomic mass is 9.95. The van der Waals surface area contributed by atoms with E-state index in [1.807, 2.05) is 18.2 Å². The van der Waals surface area contributed by atoms with E-state index in [0.29, 0.717) is 0 Å². The van der Waals surface area contributed by atoms with Crippen molar-refractivity contribution in [1.82, 2.24) is 0 Å². The summed E-state index contributed by atoms with van der Waals surface area (Å²) in [4.78, 5) is 0. The van der Waals surface area contributed by atoms with Gasteiger partial charge in [-0.3, -0.25) is 0 Å². The molecule has 3 rings (SSSR count). The van der Waals surface area contributed by atoms with Gasteiger partial charge in [0.05, 0.1) is 0 Å². The fourth-order valence-electron chi connectivity index (χ4n) is 2.58. The van der Waals surface area contributed by atoms with Gasteiger partial charge in [-0.05, 0) is 39.1 Å². The number of hydrogen-bond donors (Lipinski definition) is 0. The molecule has 0 aromatic heterocycles. The van der Waals surface area contributed by atoms with Crippen LogP contribution in [0.1, 0.15) is 11.1 Å². The minimum atomic E-state index is 1.12. The summed E-state index contributed by atoms with van der Waals surface area (Å²) in [7, 11) is 0. The van der Waals surface area contributed by atoms with E-state index in [0.717, 1.165) is 11.1 Å². The summed E-state index contributed by atoms with van der Waals surface area (Å²) in [6.45, 7) is 7.82. The second-order valence-electron chi connectivity index (χ2n) is 4.78. The highest BCUT2D eigenvalue weighted by molar-refractivity contribution is 5.96. The molecule has 3 aromatic carbocycles. The second-order valence-corrected chi connectivity index (χ2v) is 4.78. The SMILES string of the molecule is C=Cc1ccc2ccc(-c3ccccc3)cc2c1C=C. The average Bonchev–Trinajstić information content (AvgIpc) is 2.54. The van der Waals surface area contributed by atoms with Crippen molar-refractivity contribution in [2.75, 3.05) is 0 Å². The Morgan fingerprint density at radius 3 is 2.15 bits per heavy atom. The summed E-state index contributed by atoms with van der Waals surface area (Å²) in [5.74, 6) is 0. The molecule has 0 fully saturated rings. The van der Waals surface area contributed by atoms with Crippen LogP contribution >= 0.6 is 0 Å². The van der Waals surface area contributed by atoms with Gasteiger partial charge in [0.25, 0.3) is 0 Å². The zero-order valence-electron chi connectivity index (χ0n) is 11.3. The first-order valence-electron chi connectivity index (χ1n) is 6.70. The summed E-state index contributed by atoms with van der Waals surface area (Å²) in [5.41, 5.74) is 4.73. The molecule has 0 aliphatic heterocycles. The highest BCUT2D eigenvalue weighted by Gasteiger charge is 2.05. The maximum absolute atomic E-state index is 3.94. The Bertz CT molecular complexity index is 780. The van der Waals surface area contributed by atoms with Crippen LogP contribution in [0.3, 0.4) is 0 Å². The van der Waals surface area contributed by atoms with E-state index in [1.54, 1.807) is 0 Å². The van der Waals surface area contributed by atoms with Crippen molar-refractivity contribution in [2.24, 2.45) is 0 Å². The van der Waals surface area contributed by atoms with Crippen molar-refractivity contribution in [2.45, 2.75) is 0 Å². The monoisotopic (exact) mass is 256 g/mol. The molecular formula is C20H16. The van der Waals surface area contributed by atoms with Gasteiger partial charge in [-0.25, -0.2) is 0 Å². The topological polar surface area (TPSA) is 0 Å². The van der Waals surface area contributed by atoms with Crippen molar-refractivity contribution in [1.29, 1.82) is 0 Å². The average molecular weight is 256 g/mol. The zero-order chi connectivity index (χ0) is 13.9. The van der Waals surface area contributed by atoms with E-state index in [2.05, 4.69) is 67.8 Å². The third-order valence-corrected chi connectivity index (χ3v) is 3.63. The summed E-state index contributed by atoms with van der Waals surface area (Å²) in [6.07, 6.45) is 3.79. The van der Waals surface area contributed by atoms with Gasteiger partial charge < -0.3 is 0 Å². The van der Waals surface area contributed by atoms with Crippen LogP contribution in [0.25, 0.3) is 34.1 Å². The Hall–Kier alpha value is -2.60. The van der Waals surface area contributed by atoms with Gasteiger partial charge in [0.2, 0.25) is 0 Å². The van der Waals surface area contributed by atoms with Gasteiger partial charge >= 0.3 is 0 Å². The normalized spacial score (nSPS) is 10.4. The third-order valence-electron chi connectivity index (χ3n) is 3.63. The Morgan fingerprint density at radius 1 is 0.700 bits per heavy atom. The molecule has 96 valence electrons. The number of rotatable bonds is 3. The molecule has 0 heteroatoms. The molecule has 0 bridgehead atoms. The Balaban J connectivity index is 2.29. The molecule has 0 saturated carbocycles. The van der Waals surface area contributed by atoms with Crippen LogP contribution in [-0.4, -0.2) is 0 Å². The van der Waals surface area contributed by atoms with Gasteiger partial charge in [0, 0.05) is 0 Å². The Kier molecular flexibility index (Phi) is 3.22. The van der Waals surface area contributed by atoms with E-state index < -0.39 is 0 Å². The smallest absolute Gasteiger partial charge is 0.00995 e. The first kappa shape index (κ1) is 12.4. The van der Waals surface area contributed by atoms with Crippen molar-refractivity contribution in [3.05, 3.63) is 84.9 Å². The van der Waals surface area contributed by atoms with Crippen molar-refractivity contribution >= 4 is 22.9 Å². The van der Waals surface area contributed by atoms with E-state index >= 15 is 0 Å². The predicted molar refractivity (Wildman–Crippen MR) is 89.6 cm³/mol. The van der Waals surface area contributed by atoms with Gasteiger partial charge in [-0.1, -0.05) is 79.9 Å². The van der Waals surface area contributed by atoms with E-state index in [1.165, 1.54) is 21.9 Å². The van der Waals surface area contributed by atoms with Crippen molar-refractivity contribution < 1.29 is 0 Å². The molecule has 0 aliphatic rings. The zero-order valence-corrected chi connectivity index (χ0v) is 11.3. The highest BCUT2D eigenvalue weighted by atomic mass is 14.1. The predicted octanol–water partition coefficient (Wildman–Crippen LogP) is 5.79. The van der Waals surface area contributed by atoms with Gasteiger partial charge in [-0.15, -0.1) is 0 Å². The first-order valence-corrected chi connectivity index (χ1v) is 6.70.